The zero-order chi connectivity index (χ0) is 21.7. The van der Waals surface area contributed by atoms with Crippen molar-refractivity contribution in [2.45, 2.75) is 0 Å². The first-order valence-electron chi connectivity index (χ1n) is 10.1. The van der Waals surface area contributed by atoms with E-state index < -0.39 is 0 Å². The average Bonchev–Trinajstić information content (AvgIpc) is 3.50. The van der Waals surface area contributed by atoms with Crippen LogP contribution in [0.5, 0.6) is 0 Å². The predicted molar refractivity (Wildman–Crippen MR) is 127 cm³/mol. The molecule has 8 heteroatoms. The Balaban J connectivity index is 1.54. The molecular formula is C24H18N6S2+2. The third kappa shape index (κ3) is 3.07. The molecule has 4 heterocycles. The number of nitrogens with zero attached hydrogens (tertiary/aromatic N) is 6. The second-order valence-electron chi connectivity index (χ2n) is 7.75. The predicted octanol–water partition coefficient (Wildman–Crippen LogP) is 4.35. The minimum atomic E-state index is 0.898. The van der Waals surface area contributed by atoms with E-state index in [1.165, 1.54) is 23.5 Å². The van der Waals surface area contributed by atoms with Crippen LogP contribution in [0.25, 0.3) is 55.4 Å². The van der Waals surface area contributed by atoms with E-state index in [1.807, 2.05) is 48.0 Å². The quantitative estimate of drug-likeness (QED) is 0.373. The summed E-state index contributed by atoms with van der Waals surface area (Å²) in [4.78, 5) is 0. The lowest BCUT2D eigenvalue weighted by molar-refractivity contribution is -0.671. The molecule has 0 unspecified atom stereocenters. The van der Waals surface area contributed by atoms with Gasteiger partial charge in [0.15, 0.2) is 24.8 Å². The molecule has 154 valence electrons. The lowest BCUT2D eigenvalue weighted by Gasteiger charge is -2.09. The molecule has 0 N–H and O–H groups in total. The summed E-state index contributed by atoms with van der Waals surface area (Å²) in [5.41, 5.74) is 10.1. The molecule has 4 aromatic heterocycles. The first kappa shape index (κ1) is 19.1. The minimum absolute atomic E-state index is 0.898. The first-order chi connectivity index (χ1) is 15.7. The van der Waals surface area contributed by atoms with Crippen molar-refractivity contribution in [1.29, 1.82) is 0 Å². The van der Waals surface area contributed by atoms with Gasteiger partial charge in [0.1, 0.15) is 36.2 Å². The van der Waals surface area contributed by atoms with Gasteiger partial charge in [-0.15, -0.1) is 0 Å². The van der Waals surface area contributed by atoms with E-state index in [2.05, 4.69) is 66.0 Å². The van der Waals surface area contributed by atoms with Crippen LogP contribution >= 0.6 is 23.5 Å². The third-order valence-electron chi connectivity index (χ3n) is 5.70. The number of fused-ring (bicyclic) bond motifs is 2. The molecule has 0 radical (unpaired) electrons. The van der Waals surface area contributed by atoms with Crippen molar-refractivity contribution in [2.75, 3.05) is 0 Å². The molecule has 6 aromatic rings. The summed E-state index contributed by atoms with van der Waals surface area (Å²) >= 11 is 2.48. The Labute approximate surface area is 192 Å². The van der Waals surface area contributed by atoms with Crippen LogP contribution in [0.2, 0.25) is 0 Å². The van der Waals surface area contributed by atoms with E-state index in [-0.39, 0.29) is 0 Å². The highest BCUT2D eigenvalue weighted by molar-refractivity contribution is 7.00. The fourth-order valence-corrected chi connectivity index (χ4v) is 5.14. The van der Waals surface area contributed by atoms with Crippen LogP contribution in [-0.2, 0) is 14.1 Å². The van der Waals surface area contributed by atoms with E-state index >= 15 is 0 Å². The fraction of sp³-hybridized carbons (Fsp3) is 0.0833. The number of aryl methyl sites for hydroxylation is 2. The number of pyridine rings is 2. The van der Waals surface area contributed by atoms with E-state index in [1.54, 1.807) is 0 Å². The van der Waals surface area contributed by atoms with Crippen LogP contribution in [0, 0.1) is 0 Å². The van der Waals surface area contributed by atoms with Crippen LogP contribution < -0.4 is 9.13 Å². The molecule has 0 aliphatic carbocycles. The molecule has 0 amide bonds. The van der Waals surface area contributed by atoms with E-state index in [0.29, 0.717) is 0 Å². The molecule has 6 rings (SSSR count). The summed E-state index contributed by atoms with van der Waals surface area (Å²) in [5, 5.41) is 0. The third-order valence-corrected chi connectivity index (χ3v) is 6.76. The zero-order valence-electron chi connectivity index (χ0n) is 17.4. The molecule has 0 saturated heterocycles. The van der Waals surface area contributed by atoms with E-state index in [9.17, 15) is 0 Å². The Morgan fingerprint density at radius 1 is 0.469 bits per heavy atom. The van der Waals surface area contributed by atoms with E-state index in [0.717, 1.165) is 55.4 Å². The van der Waals surface area contributed by atoms with Gasteiger partial charge in [-0.2, -0.15) is 17.5 Å². The Morgan fingerprint density at radius 2 is 0.781 bits per heavy atom. The Bertz CT molecular complexity index is 1460. The van der Waals surface area contributed by atoms with Crippen molar-refractivity contribution in [1.82, 2.24) is 17.5 Å². The second-order valence-corrected chi connectivity index (χ2v) is 8.81. The van der Waals surface area contributed by atoms with Crippen molar-refractivity contribution in [3.05, 3.63) is 73.3 Å². The van der Waals surface area contributed by atoms with Gasteiger partial charge in [-0.3, -0.25) is 0 Å². The molecular weight excluding hydrogens is 436 g/mol. The van der Waals surface area contributed by atoms with Crippen molar-refractivity contribution in [2.24, 2.45) is 14.1 Å². The molecule has 0 spiro atoms. The lowest BCUT2D eigenvalue weighted by Crippen LogP contribution is -2.25. The Hall–Kier alpha value is -3.62. The van der Waals surface area contributed by atoms with Crippen molar-refractivity contribution in [3.8, 4) is 33.4 Å². The molecule has 0 saturated carbocycles. The Kier molecular flexibility index (Phi) is 4.48. The van der Waals surface area contributed by atoms with Gasteiger partial charge in [-0.25, -0.2) is 9.13 Å². The van der Waals surface area contributed by atoms with Gasteiger partial charge in [-0.05, 0) is 11.1 Å². The fourth-order valence-electron chi connectivity index (χ4n) is 3.99. The summed E-state index contributed by atoms with van der Waals surface area (Å²) in [7, 11) is 4.03. The van der Waals surface area contributed by atoms with Gasteiger partial charge in [0.25, 0.3) is 0 Å². The number of benzene rings is 2. The van der Waals surface area contributed by atoms with Crippen molar-refractivity contribution in [3.63, 3.8) is 0 Å². The minimum Gasteiger partial charge on any atom is -0.208 e. The smallest absolute Gasteiger partial charge is 0.169 e. The van der Waals surface area contributed by atoms with Crippen molar-refractivity contribution < 1.29 is 9.13 Å². The number of hydrogen-bond acceptors (Lipinski definition) is 6. The summed E-state index contributed by atoms with van der Waals surface area (Å²) in [6.45, 7) is 0. The standard InChI is InChI=1S/C24H18N6S2/c1-29-11-7-15(8-12-29)17-3-5-19(23-21(17)25-31-27-23)20-6-4-18(22-24(20)28-32-26-22)16-9-13-30(2)14-10-16/h3-14H,1-2H3/q+2. The monoisotopic (exact) mass is 454 g/mol. The summed E-state index contributed by atoms with van der Waals surface area (Å²) in [6, 6.07) is 16.9. The zero-order valence-corrected chi connectivity index (χ0v) is 19.1. The average molecular weight is 455 g/mol. The summed E-state index contributed by atoms with van der Waals surface area (Å²) in [6.07, 6.45) is 8.17. The maximum Gasteiger partial charge on any atom is 0.169 e. The SMILES string of the molecule is C[n+]1ccc(-c2ccc(-c3ccc(-c4cc[n+](C)cc4)c4nsnc34)c3nsnc23)cc1. The normalized spacial score (nSPS) is 11.4. The molecule has 0 aliphatic rings. The van der Waals surface area contributed by atoms with Crippen molar-refractivity contribution >= 4 is 45.5 Å². The molecule has 2 aromatic carbocycles. The maximum absolute atomic E-state index is 4.66. The highest BCUT2D eigenvalue weighted by atomic mass is 32.1. The topological polar surface area (TPSA) is 59.3 Å². The van der Waals surface area contributed by atoms with Gasteiger partial charge in [0, 0.05) is 46.5 Å². The van der Waals surface area contributed by atoms with Gasteiger partial charge in [-0.1, -0.05) is 24.3 Å². The van der Waals surface area contributed by atoms with Crippen LogP contribution in [0.15, 0.2) is 73.3 Å². The van der Waals surface area contributed by atoms with Crippen LogP contribution in [0.1, 0.15) is 0 Å². The van der Waals surface area contributed by atoms with Crippen LogP contribution in [-0.4, -0.2) is 17.5 Å². The first-order valence-corrected chi connectivity index (χ1v) is 11.6. The van der Waals surface area contributed by atoms with Gasteiger partial charge in [0.2, 0.25) is 0 Å². The number of aromatic nitrogens is 6. The summed E-state index contributed by atoms with van der Waals surface area (Å²) < 4.78 is 22.6. The molecule has 6 nitrogen and oxygen atoms in total. The molecule has 0 atom stereocenters. The maximum atomic E-state index is 4.66. The molecule has 32 heavy (non-hydrogen) atoms. The lowest BCUT2D eigenvalue weighted by atomic mass is 9.95. The van der Waals surface area contributed by atoms with Crippen LogP contribution in [0.4, 0.5) is 0 Å². The van der Waals surface area contributed by atoms with Gasteiger partial charge < -0.3 is 0 Å². The van der Waals surface area contributed by atoms with Gasteiger partial charge >= 0.3 is 0 Å². The largest absolute Gasteiger partial charge is 0.208 e. The number of hydrogen-bond donors (Lipinski definition) is 0. The number of rotatable bonds is 3. The van der Waals surface area contributed by atoms with E-state index in [4.69, 9.17) is 0 Å². The summed E-state index contributed by atoms with van der Waals surface area (Å²) in [5.74, 6) is 0. The molecule has 0 aliphatic heterocycles. The van der Waals surface area contributed by atoms with Crippen LogP contribution in [0.3, 0.4) is 0 Å². The second kappa shape index (κ2) is 7.51. The van der Waals surface area contributed by atoms with Gasteiger partial charge in [0.05, 0.1) is 23.5 Å². The highest BCUT2D eigenvalue weighted by Crippen LogP contribution is 2.39. The molecule has 0 fully saturated rings. The Morgan fingerprint density at radius 3 is 1.16 bits per heavy atom. The highest BCUT2D eigenvalue weighted by Gasteiger charge is 2.19. The molecule has 0 bridgehead atoms.